The van der Waals surface area contributed by atoms with E-state index in [0.29, 0.717) is 22.8 Å². The van der Waals surface area contributed by atoms with E-state index in [9.17, 15) is 0 Å². The summed E-state index contributed by atoms with van der Waals surface area (Å²) in [6.45, 7) is 5.22. The first-order valence-electron chi connectivity index (χ1n) is 6.51. The third-order valence-corrected chi connectivity index (χ3v) is 3.13. The molecule has 0 bridgehead atoms. The van der Waals surface area contributed by atoms with Crippen LogP contribution in [-0.2, 0) is 6.42 Å². The Morgan fingerprint density at radius 1 is 1.42 bits per heavy atom. The molecule has 0 aliphatic carbocycles. The van der Waals surface area contributed by atoms with E-state index in [4.69, 9.17) is 16.1 Å². The zero-order chi connectivity index (χ0) is 13.7. The van der Waals surface area contributed by atoms with Crippen molar-refractivity contribution in [2.24, 2.45) is 0 Å². The highest BCUT2D eigenvalue weighted by molar-refractivity contribution is 6.30. The molecule has 1 aromatic heterocycles. The normalized spacial score (nSPS) is 12.6. The van der Waals surface area contributed by atoms with Gasteiger partial charge in [-0.2, -0.15) is 4.98 Å². The van der Waals surface area contributed by atoms with Gasteiger partial charge in [0.05, 0.1) is 0 Å². The molecule has 0 spiro atoms. The van der Waals surface area contributed by atoms with Crippen molar-refractivity contribution in [2.45, 2.75) is 32.7 Å². The molecule has 1 aromatic carbocycles. The number of aryl methyl sites for hydroxylation is 1. The van der Waals surface area contributed by atoms with Crippen molar-refractivity contribution in [3.05, 3.63) is 35.2 Å². The number of halogens is 1. The van der Waals surface area contributed by atoms with Gasteiger partial charge in [0, 0.05) is 23.0 Å². The Bertz CT molecular complexity index is 527. The topological polar surface area (TPSA) is 51.0 Å². The summed E-state index contributed by atoms with van der Waals surface area (Å²) in [6.07, 6.45) is 1.76. The molecule has 0 saturated heterocycles. The van der Waals surface area contributed by atoms with Crippen LogP contribution >= 0.6 is 11.6 Å². The third kappa shape index (κ3) is 4.04. The SMILES string of the molecule is CCNC(C)CCc1nc(-c2cccc(Cl)c2)no1. The number of hydrogen-bond acceptors (Lipinski definition) is 4. The highest BCUT2D eigenvalue weighted by Crippen LogP contribution is 2.20. The van der Waals surface area contributed by atoms with Gasteiger partial charge in [0.15, 0.2) is 0 Å². The van der Waals surface area contributed by atoms with Crippen LogP contribution in [0.5, 0.6) is 0 Å². The summed E-state index contributed by atoms with van der Waals surface area (Å²) >= 11 is 5.94. The molecule has 0 amide bonds. The van der Waals surface area contributed by atoms with E-state index in [-0.39, 0.29) is 0 Å². The minimum Gasteiger partial charge on any atom is -0.339 e. The van der Waals surface area contributed by atoms with E-state index in [2.05, 4.69) is 29.3 Å². The van der Waals surface area contributed by atoms with Crippen LogP contribution in [0.3, 0.4) is 0 Å². The van der Waals surface area contributed by atoms with Gasteiger partial charge in [-0.1, -0.05) is 35.8 Å². The predicted molar refractivity (Wildman–Crippen MR) is 76.2 cm³/mol. The molecule has 1 heterocycles. The third-order valence-electron chi connectivity index (χ3n) is 2.89. The van der Waals surface area contributed by atoms with E-state index in [1.54, 1.807) is 0 Å². The van der Waals surface area contributed by atoms with Crippen molar-refractivity contribution in [1.82, 2.24) is 15.5 Å². The van der Waals surface area contributed by atoms with Crippen LogP contribution in [0.25, 0.3) is 11.4 Å². The lowest BCUT2D eigenvalue weighted by Crippen LogP contribution is -2.25. The second-order valence-electron chi connectivity index (χ2n) is 4.52. The average Bonchev–Trinajstić information content (AvgIpc) is 2.85. The lowest BCUT2D eigenvalue weighted by Gasteiger charge is -2.09. The minimum absolute atomic E-state index is 0.450. The summed E-state index contributed by atoms with van der Waals surface area (Å²) in [7, 11) is 0. The molecule has 19 heavy (non-hydrogen) atoms. The van der Waals surface area contributed by atoms with Gasteiger partial charge in [0.25, 0.3) is 0 Å². The van der Waals surface area contributed by atoms with Gasteiger partial charge in [-0.25, -0.2) is 0 Å². The molecule has 102 valence electrons. The molecule has 0 saturated carbocycles. The molecule has 1 N–H and O–H groups in total. The zero-order valence-corrected chi connectivity index (χ0v) is 11.9. The Hall–Kier alpha value is -1.39. The summed E-state index contributed by atoms with van der Waals surface area (Å²) in [5.41, 5.74) is 0.877. The monoisotopic (exact) mass is 279 g/mol. The Balaban J connectivity index is 1.99. The van der Waals surface area contributed by atoms with Gasteiger partial charge in [-0.05, 0) is 32.0 Å². The number of benzene rings is 1. The number of aromatic nitrogens is 2. The Kier molecular flexibility index (Phi) is 4.93. The largest absolute Gasteiger partial charge is 0.339 e. The van der Waals surface area contributed by atoms with Gasteiger partial charge in [-0.15, -0.1) is 0 Å². The molecular formula is C14H18ClN3O. The van der Waals surface area contributed by atoms with Crippen molar-refractivity contribution in [3.8, 4) is 11.4 Å². The number of hydrogen-bond donors (Lipinski definition) is 1. The van der Waals surface area contributed by atoms with Gasteiger partial charge in [-0.3, -0.25) is 0 Å². The molecule has 0 aliphatic rings. The van der Waals surface area contributed by atoms with Crippen molar-refractivity contribution in [1.29, 1.82) is 0 Å². The predicted octanol–water partition coefficient (Wildman–Crippen LogP) is 3.32. The fourth-order valence-electron chi connectivity index (χ4n) is 1.89. The first-order chi connectivity index (χ1) is 9.19. The quantitative estimate of drug-likeness (QED) is 0.881. The molecule has 0 radical (unpaired) electrons. The molecule has 4 nitrogen and oxygen atoms in total. The van der Waals surface area contributed by atoms with Crippen LogP contribution < -0.4 is 5.32 Å². The highest BCUT2D eigenvalue weighted by Gasteiger charge is 2.10. The standard InChI is InChI=1S/C14H18ClN3O/c1-3-16-10(2)7-8-13-17-14(18-19-13)11-5-4-6-12(15)9-11/h4-6,9-10,16H,3,7-8H2,1-2H3. The molecule has 1 unspecified atom stereocenters. The van der Waals surface area contributed by atoms with Gasteiger partial charge in [0.1, 0.15) is 0 Å². The summed E-state index contributed by atoms with van der Waals surface area (Å²) in [5, 5.41) is 8.01. The van der Waals surface area contributed by atoms with Gasteiger partial charge < -0.3 is 9.84 Å². The maximum Gasteiger partial charge on any atom is 0.227 e. The molecule has 2 rings (SSSR count). The number of nitrogens with one attached hydrogen (secondary N) is 1. The van der Waals surface area contributed by atoms with Crippen molar-refractivity contribution in [3.63, 3.8) is 0 Å². The zero-order valence-electron chi connectivity index (χ0n) is 11.2. The van der Waals surface area contributed by atoms with Crippen molar-refractivity contribution in [2.75, 3.05) is 6.54 Å². The van der Waals surface area contributed by atoms with Crippen molar-refractivity contribution >= 4 is 11.6 Å². The second-order valence-corrected chi connectivity index (χ2v) is 4.96. The fraction of sp³-hybridized carbons (Fsp3) is 0.429. The van der Waals surface area contributed by atoms with Crippen molar-refractivity contribution < 1.29 is 4.52 Å². The van der Waals surface area contributed by atoms with Crippen LogP contribution in [0.1, 0.15) is 26.2 Å². The minimum atomic E-state index is 0.450. The van der Waals surface area contributed by atoms with E-state index in [1.165, 1.54) is 0 Å². The Morgan fingerprint density at radius 3 is 3.00 bits per heavy atom. The summed E-state index contributed by atoms with van der Waals surface area (Å²) in [5.74, 6) is 1.26. The van der Waals surface area contributed by atoms with E-state index in [1.807, 2.05) is 24.3 Å². The van der Waals surface area contributed by atoms with E-state index < -0.39 is 0 Å². The molecule has 2 aromatic rings. The lowest BCUT2D eigenvalue weighted by molar-refractivity contribution is 0.368. The molecule has 1 atom stereocenters. The number of nitrogens with zero attached hydrogens (tertiary/aromatic N) is 2. The molecule has 0 fully saturated rings. The smallest absolute Gasteiger partial charge is 0.227 e. The van der Waals surface area contributed by atoms with Crippen LogP contribution in [0, 0.1) is 0 Å². The highest BCUT2D eigenvalue weighted by atomic mass is 35.5. The number of rotatable bonds is 6. The summed E-state index contributed by atoms with van der Waals surface area (Å²) < 4.78 is 5.26. The Morgan fingerprint density at radius 2 is 2.26 bits per heavy atom. The van der Waals surface area contributed by atoms with Gasteiger partial charge in [0.2, 0.25) is 11.7 Å². The maximum atomic E-state index is 5.94. The van der Waals surface area contributed by atoms with E-state index in [0.717, 1.165) is 24.9 Å². The van der Waals surface area contributed by atoms with Crippen LogP contribution in [0.4, 0.5) is 0 Å². The van der Waals surface area contributed by atoms with Crippen LogP contribution in [-0.4, -0.2) is 22.7 Å². The van der Waals surface area contributed by atoms with Crippen LogP contribution in [0.15, 0.2) is 28.8 Å². The molecular weight excluding hydrogens is 262 g/mol. The Labute approximate surface area is 118 Å². The average molecular weight is 280 g/mol. The van der Waals surface area contributed by atoms with Gasteiger partial charge >= 0.3 is 0 Å². The van der Waals surface area contributed by atoms with E-state index >= 15 is 0 Å². The summed E-state index contributed by atoms with van der Waals surface area (Å²) in [4.78, 5) is 4.39. The fourth-order valence-corrected chi connectivity index (χ4v) is 2.08. The molecule has 5 heteroatoms. The molecule has 0 aliphatic heterocycles. The maximum absolute atomic E-state index is 5.94. The first kappa shape index (κ1) is 14.0. The second kappa shape index (κ2) is 6.68. The first-order valence-corrected chi connectivity index (χ1v) is 6.88. The van der Waals surface area contributed by atoms with Crippen LogP contribution in [0.2, 0.25) is 5.02 Å². The summed E-state index contributed by atoms with van der Waals surface area (Å²) in [6, 6.07) is 7.90. The lowest BCUT2D eigenvalue weighted by atomic mass is 10.2.